The maximum absolute atomic E-state index is 4.77. The quantitative estimate of drug-likeness (QED) is 0.779. The maximum Gasteiger partial charge on any atom is 0.157 e. The van der Waals surface area contributed by atoms with Crippen molar-refractivity contribution in [1.29, 1.82) is 0 Å². The highest BCUT2D eigenvalue weighted by Gasteiger charge is 2.20. The van der Waals surface area contributed by atoms with E-state index < -0.39 is 0 Å². The summed E-state index contributed by atoms with van der Waals surface area (Å²) in [6, 6.07) is 1.09. The van der Waals surface area contributed by atoms with Crippen LogP contribution in [0.25, 0.3) is 0 Å². The van der Waals surface area contributed by atoms with E-state index in [1.807, 2.05) is 11.8 Å². The Balaban J connectivity index is 2.32. The van der Waals surface area contributed by atoms with Gasteiger partial charge in [0.05, 0.1) is 6.04 Å². The molecular formula is C14H28N2S. The van der Waals surface area contributed by atoms with Crippen molar-refractivity contribution in [3.8, 4) is 0 Å². The number of amidine groups is 1. The van der Waals surface area contributed by atoms with E-state index in [9.17, 15) is 0 Å². The van der Waals surface area contributed by atoms with Crippen LogP contribution in [-0.2, 0) is 0 Å². The number of nitrogens with one attached hydrogen (secondary N) is 1. The SMILES string of the molecule is CCC(C)CC(C)NC1=NC(CC(C)C)CS1. The van der Waals surface area contributed by atoms with Crippen LogP contribution < -0.4 is 5.32 Å². The summed E-state index contributed by atoms with van der Waals surface area (Å²) in [5, 5.41) is 4.73. The van der Waals surface area contributed by atoms with Crippen LogP contribution in [0, 0.1) is 11.8 Å². The highest BCUT2D eigenvalue weighted by Crippen LogP contribution is 2.22. The lowest BCUT2D eigenvalue weighted by atomic mass is 10.0. The van der Waals surface area contributed by atoms with E-state index in [0.717, 1.165) is 17.6 Å². The minimum Gasteiger partial charge on any atom is -0.362 e. The third-order valence-corrected chi connectivity index (χ3v) is 4.33. The molecule has 3 unspecified atom stereocenters. The van der Waals surface area contributed by atoms with E-state index >= 15 is 0 Å². The Morgan fingerprint density at radius 2 is 2.06 bits per heavy atom. The van der Waals surface area contributed by atoms with Crippen LogP contribution >= 0.6 is 11.8 Å². The molecule has 0 saturated heterocycles. The van der Waals surface area contributed by atoms with Crippen LogP contribution in [0.1, 0.15) is 53.9 Å². The third-order valence-electron chi connectivity index (χ3n) is 3.28. The number of aliphatic imine (C=N–C) groups is 1. The molecule has 0 bridgehead atoms. The van der Waals surface area contributed by atoms with Crippen LogP contribution in [0.4, 0.5) is 0 Å². The lowest BCUT2D eigenvalue weighted by Crippen LogP contribution is -2.31. The minimum atomic E-state index is 0.540. The van der Waals surface area contributed by atoms with Crippen LogP contribution in [0.5, 0.6) is 0 Å². The van der Waals surface area contributed by atoms with Gasteiger partial charge in [0.2, 0.25) is 0 Å². The summed E-state index contributed by atoms with van der Waals surface area (Å²) in [6.07, 6.45) is 3.73. The largest absolute Gasteiger partial charge is 0.362 e. The molecule has 0 radical (unpaired) electrons. The zero-order chi connectivity index (χ0) is 12.8. The van der Waals surface area contributed by atoms with Crippen LogP contribution in [0.15, 0.2) is 4.99 Å². The summed E-state index contributed by atoms with van der Waals surface area (Å²) in [7, 11) is 0. The molecule has 0 aliphatic carbocycles. The number of hydrogen-bond acceptors (Lipinski definition) is 3. The van der Waals surface area contributed by atoms with Gasteiger partial charge in [0.25, 0.3) is 0 Å². The molecule has 0 aromatic rings. The second-order valence-corrected chi connectivity index (χ2v) is 6.83. The zero-order valence-corrected chi connectivity index (χ0v) is 12.8. The molecule has 17 heavy (non-hydrogen) atoms. The van der Waals surface area contributed by atoms with Crippen molar-refractivity contribution in [2.24, 2.45) is 16.8 Å². The van der Waals surface area contributed by atoms with E-state index in [1.54, 1.807) is 0 Å². The van der Waals surface area contributed by atoms with Gasteiger partial charge in [0, 0.05) is 11.8 Å². The van der Waals surface area contributed by atoms with Gasteiger partial charge in [0.15, 0.2) is 5.17 Å². The first kappa shape index (κ1) is 14.9. The maximum atomic E-state index is 4.77. The molecule has 2 nitrogen and oxygen atoms in total. The van der Waals surface area contributed by atoms with Gasteiger partial charge in [-0.05, 0) is 31.6 Å². The average Bonchev–Trinajstić information content (AvgIpc) is 2.63. The van der Waals surface area contributed by atoms with Crippen molar-refractivity contribution in [2.75, 3.05) is 5.75 Å². The summed E-state index contributed by atoms with van der Waals surface area (Å²) < 4.78 is 0. The lowest BCUT2D eigenvalue weighted by molar-refractivity contribution is 0.449. The Labute approximate surface area is 111 Å². The number of hydrogen-bond donors (Lipinski definition) is 1. The molecule has 0 aromatic heterocycles. The predicted octanol–water partition coefficient (Wildman–Crippen LogP) is 3.92. The fraction of sp³-hybridized carbons (Fsp3) is 0.929. The van der Waals surface area contributed by atoms with Crippen molar-refractivity contribution in [1.82, 2.24) is 5.32 Å². The molecule has 3 atom stereocenters. The van der Waals surface area contributed by atoms with Gasteiger partial charge < -0.3 is 5.32 Å². The Kier molecular flexibility index (Phi) is 6.39. The van der Waals surface area contributed by atoms with Crippen molar-refractivity contribution in [3.63, 3.8) is 0 Å². The first-order valence-electron chi connectivity index (χ1n) is 6.98. The molecule has 1 rings (SSSR count). The molecular weight excluding hydrogens is 228 g/mol. The van der Waals surface area contributed by atoms with E-state index in [2.05, 4.69) is 39.9 Å². The minimum absolute atomic E-state index is 0.540. The summed E-state index contributed by atoms with van der Waals surface area (Å²) in [5.74, 6) is 2.72. The van der Waals surface area contributed by atoms with Crippen molar-refractivity contribution in [2.45, 2.75) is 66.0 Å². The predicted molar refractivity (Wildman–Crippen MR) is 79.8 cm³/mol. The van der Waals surface area contributed by atoms with Gasteiger partial charge in [-0.3, -0.25) is 4.99 Å². The first-order chi connectivity index (χ1) is 8.01. The second kappa shape index (κ2) is 7.30. The topological polar surface area (TPSA) is 24.4 Å². The summed E-state index contributed by atoms with van der Waals surface area (Å²) in [6.45, 7) is 11.4. The smallest absolute Gasteiger partial charge is 0.157 e. The van der Waals surface area contributed by atoms with E-state index in [0.29, 0.717) is 12.1 Å². The van der Waals surface area contributed by atoms with Crippen molar-refractivity contribution >= 4 is 16.9 Å². The Morgan fingerprint density at radius 1 is 1.35 bits per heavy atom. The van der Waals surface area contributed by atoms with Crippen LogP contribution in [-0.4, -0.2) is 23.0 Å². The average molecular weight is 256 g/mol. The van der Waals surface area contributed by atoms with Gasteiger partial charge in [0.1, 0.15) is 0 Å². The number of nitrogens with zero attached hydrogens (tertiary/aromatic N) is 1. The molecule has 100 valence electrons. The second-order valence-electron chi connectivity index (χ2n) is 5.82. The fourth-order valence-corrected chi connectivity index (χ4v) is 3.27. The molecule has 1 aliphatic heterocycles. The van der Waals surface area contributed by atoms with Gasteiger partial charge in [-0.1, -0.05) is 45.9 Å². The Hall–Kier alpha value is -0.180. The normalized spacial score (nSPS) is 23.6. The van der Waals surface area contributed by atoms with E-state index in [1.165, 1.54) is 24.4 Å². The van der Waals surface area contributed by atoms with Crippen molar-refractivity contribution in [3.05, 3.63) is 0 Å². The number of thioether (sulfide) groups is 1. The highest BCUT2D eigenvalue weighted by molar-refractivity contribution is 8.14. The van der Waals surface area contributed by atoms with Gasteiger partial charge in [-0.15, -0.1) is 0 Å². The molecule has 0 spiro atoms. The molecule has 0 saturated carbocycles. The monoisotopic (exact) mass is 256 g/mol. The molecule has 0 aromatic carbocycles. The standard InChI is InChI=1S/C14H28N2S/c1-6-11(4)8-12(5)15-14-16-13(9-17-14)7-10(2)3/h10-13H,6-9H2,1-5H3,(H,15,16). The molecule has 1 aliphatic rings. The molecule has 1 heterocycles. The number of rotatable bonds is 6. The summed E-state index contributed by atoms with van der Waals surface area (Å²) in [5.41, 5.74) is 0. The zero-order valence-electron chi connectivity index (χ0n) is 12.0. The fourth-order valence-electron chi connectivity index (χ4n) is 2.20. The summed E-state index contributed by atoms with van der Waals surface area (Å²) >= 11 is 1.89. The van der Waals surface area contributed by atoms with Gasteiger partial charge in [-0.25, -0.2) is 0 Å². The Morgan fingerprint density at radius 3 is 2.65 bits per heavy atom. The van der Waals surface area contributed by atoms with E-state index in [4.69, 9.17) is 4.99 Å². The van der Waals surface area contributed by atoms with Crippen LogP contribution in [0.3, 0.4) is 0 Å². The lowest BCUT2D eigenvalue weighted by Gasteiger charge is -2.17. The Bertz CT molecular complexity index is 251. The van der Waals surface area contributed by atoms with E-state index in [-0.39, 0.29) is 0 Å². The van der Waals surface area contributed by atoms with Crippen molar-refractivity contribution < 1.29 is 0 Å². The molecule has 0 fully saturated rings. The van der Waals surface area contributed by atoms with Gasteiger partial charge in [-0.2, -0.15) is 0 Å². The molecule has 1 N–H and O–H groups in total. The van der Waals surface area contributed by atoms with Gasteiger partial charge >= 0.3 is 0 Å². The highest BCUT2D eigenvalue weighted by atomic mass is 32.2. The summed E-state index contributed by atoms with van der Waals surface area (Å²) in [4.78, 5) is 4.77. The molecule has 0 amide bonds. The van der Waals surface area contributed by atoms with Crippen LogP contribution in [0.2, 0.25) is 0 Å². The third kappa shape index (κ3) is 5.80. The first-order valence-corrected chi connectivity index (χ1v) is 7.96. The molecule has 3 heteroatoms.